The van der Waals surface area contributed by atoms with Crippen LogP contribution in [0.5, 0.6) is 0 Å². The second-order valence-electron chi connectivity index (χ2n) is 3.73. The van der Waals surface area contributed by atoms with Crippen molar-refractivity contribution < 1.29 is 0 Å². The molecule has 0 radical (unpaired) electrons. The maximum atomic E-state index is 3.60. The highest BCUT2D eigenvalue weighted by atomic mass is 13.8. The number of allylic oxidation sites excluding steroid dienone is 13. The minimum Gasteiger partial charge on any atom is -0.0991 e. The van der Waals surface area contributed by atoms with E-state index in [9.17, 15) is 0 Å². The van der Waals surface area contributed by atoms with Crippen LogP contribution in [0.25, 0.3) is 0 Å². The Bertz CT molecular complexity index is 346. The summed E-state index contributed by atoms with van der Waals surface area (Å²) < 4.78 is 0. The molecule has 0 aliphatic rings. The molecule has 0 saturated heterocycles. The molecule has 0 aromatic carbocycles. The molecule has 0 spiro atoms. The van der Waals surface area contributed by atoms with Gasteiger partial charge in [0, 0.05) is 0 Å². The van der Waals surface area contributed by atoms with Crippen LogP contribution in [-0.4, -0.2) is 0 Å². The molecule has 0 unspecified atom stereocenters. The van der Waals surface area contributed by atoms with Gasteiger partial charge in [-0.15, -0.1) is 0 Å². The lowest BCUT2D eigenvalue weighted by molar-refractivity contribution is 0.815. The lowest BCUT2D eigenvalue weighted by Gasteiger charge is -1.84. The van der Waals surface area contributed by atoms with Gasteiger partial charge in [0.05, 0.1) is 0 Å². The van der Waals surface area contributed by atoms with Gasteiger partial charge in [-0.1, -0.05) is 105 Å². The molecule has 0 aliphatic carbocycles. The lowest BCUT2D eigenvalue weighted by atomic mass is 10.2. The summed E-state index contributed by atoms with van der Waals surface area (Å²) in [6.45, 7) is 5.81. The Morgan fingerprint density at radius 3 is 1.56 bits per heavy atom. The van der Waals surface area contributed by atoms with Gasteiger partial charge in [-0.25, -0.2) is 0 Å². The van der Waals surface area contributed by atoms with E-state index >= 15 is 0 Å². The highest BCUT2D eigenvalue weighted by Gasteiger charge is 1.74. The summed E-state index contributed by atoms with van der Waals surface area (Å²) in [6, 6.07) is 0. The van der Waals surface area contributed by atoms with E-state index in [1.807, 2.05) is 54.7 Å². The van der Waals surface area contributed by atoms with Gasteiger partial charge in [-0.3, -0.25) is 0 Å². The molecule has 0 nitrogen and oxygen atoms in total. The molecule has 0 heteroatoms. The second kappa shape index (κ2) is 15.2. The van der Waals surface area contributed by atoms with Crippen molar-refractivity contribution in [1.29, 1.82) is 0 Å². The van der Waals surface area contributed by atoms with Crippen molar-refractivity contribution in [2.45, 2.75) is 26.2 Å². The van der Waals surface area contributed by atoms with Crippen LogP contribution in [0.2, 0.25) is 0 Å². The van der Waals surface area contributed by atoms with Gasteiger partial charge in [0.1, 0.15) is 0 Å². The molecule has 0 heterocycles. The molecule has 18 heavy (non-hydrogen) atoms. The van der Waals surface area contributed by atoms with Gasteiger partial charge >= 0.3 is 0 Å². The van der Waals surface area contributed by atoms with E-state index in [4.69, 9.17) is 0 Å². The van der Waals surface area contributed by atoms with Crippen LogP contribution >= 0.6 is 0 Å². The summed E-state index contributed by atoms with van der Waals surface area (Å²) >= 11 is 0. The normalized spacial score (nSPS) is 13.4. The number of rotatable bonds is 9. The molecule has 0 rings (SSSR count). The maximum Gasteiger partial charge on any atom is -0.0348 e. The average Bonchev–Trinajstić information content (AvgIpc) is 2.39. The molecule has 0 aliphatic heterocycles. The summed E-state index contributed by atoms with van der Waals surface area (Å²) in [7, 11) is 0. The van der Waals surface area contributed by atoms with Crippen LogP contribution in [0.1, 0.15) is 26.2 Å². The Kier molecular flexibility index (Phi) is 13.6. The monoisotopic (exact) mass is 240 g/mol. The molecule has 0 aromatic rings. The van der Waals surface area contributed by atoms with Crippen molar-refractivity contribution in [1.82, 2.24) is 0 Å². The van der Waals surface area contributed by atoms with E-state index < -0.39 is 0 Å². The van der Waals surface area contributed by atoms with E-state index in [1.165, 1.54) is 19.3 Å². The zero-order chi connectivity index (χ0) is 13.3. The fourth-order valence-corrected chi connectivity index (χ4v) is 1.15. The van der Waals surface area contributed by atoms with Gasteiger partial charge < -0.3 is 0 Å². The largest absolute Gasteiger partial charge is 0.0991 e. The first-order chi connectivity index (χ1) is 8.91. The van der Waals surface area contributed by atoms with Crippen LogP contribution in [0.3, 0.4) is 0 Å². The minimum atomic E-state index is 1.17. The van der Waals surface area contributed by atoms with E-state index in [0.717, 1.165) is 0 Å². The van der Waals surface area contributed by atoms with Crippen LogP contribution in [-0.2, 0) is 0 Å². The Morgan fingerprint density at radius 1 is 0.667 bits per heavy atom. The van der Waals surface area contributed by atoms with Gasteiger partial charge in [-0.05, 0) is 6.42 Å². The number of hydrogen-bond donors (Lipinski definition) is 0. The maximum absolute atomic E-state index is 3.60. The summed E-state index contributed by atoms with van der Waals surface area (Å²) in [4.78, 5) is 0. The SMILES string of the molecule is C=C/C=C/C=C/C=C/C=C/C=C/C=C/CCCC. The first-order valence-electron chi connectivity index (χ1n) is 6.52. The van der Waals surface area contributed by atoms with Crippen LogP contribution in [0.4, 0.5) is 0 Å². The van der Waals surface area contributed by atoms with Gasteiger partial charge in [-0.2, -0.15) is 0 Å². The van der Waals surface area contributed by atoms with E-state index in [2.05, 4.69) is 31.7 Å². The molecule has 0 amide bonds. The van der Waals surface area contributed by atoms with Gasteiger partial charge in [0.15, 0.2) is 0 Å². The molecular weight excluding hydrogens is 216 g/mol. The summed E-state index contributed by atoms with van der Waals surface area (Å²) in [6.07, 6.45) is 29.7. The van der Waals surface area contributed by atoms with Crippen molar-refractivity contribution in [2.24, 2.45) is 0 Å². The Morgan fingerprint density at radius 2 is 1.11 bits per heavy atom. The fraction of sp³-hybridized carbons (Fsp3) is 0.222. The van der Waals surface area contributed by atoms with Gasteiger partial charge in [0.2, 0.25) is 0 Å². The lowest BCUT2D eigenvalue weighted by Crippen LogP contribution is -1.64. The standard InChI is InChI=1S/C18H24/c1-3-5-7-9-11-13-15-17-18-16-14-12-10-8-6-4-2/h3,5,7,9-18H,1,4,6,8H2,2H3/b7-5+,11-9+,12-10+,15-13+,16-14+,18-17+. The van der Waals surface area contributed by atoms with Crippen molar-refractivity contribution >= 4 is 0 Å². The zero-order valence-corrected chi connectivity index (χ0v) is 11.3. The van der Waals surface area contributed by atoms with E-state index in [1.54, 1.807) is 6.08 Å². The molecule has 0 fully saturated rings. The Hall–Kier alpha value is -1.82. The third-order valence-electron chi connectivity index (χ3n) is 2.11. The third-order valence-corrected chi connectivity index (χ3v) is 2.11. The van der Waals surface area contributed by atoms with Crippen molar-refractivity contribution in [3.8, 4) is 0 Å². The fourth-order valence-electron chi connectivity index (χ4n) is 1.15. The first kappa shape index (κ1) is 16.2. The van der Waals surface area contributed by atoms with Crippen LogP contribution < -0.4 is 0 Å². The Labute approximate surface area is 112 Å². The minimum absolute atomic E-state index is 1.17. The Balaban J connectivity index is 3.69. The second-order valence-corrected chi connectivity index (χ2v) is 3.73. The quantitative estimate of drug-likeness (QED) is 0.358. The van der Waals surface area contributed by atoms with Crippen molar-refractivity contribution in [2.75, 3.05) is 0 Å². The zero-order valence-electron chi connectivity index (χ0n) is 11.3. The molecule has 96 valence electrons. The smallest absolute Gasteiger partial charge is 0.0348 e. The number of unbranched alkanes of at least 4 members (excludes halogenated alkanes) is 2. The number of hydrogen-bond acceptors (Lipinski definition) is 0. The van der Waals surface area contributed by atoms with Gasteiger partial charge in [0.25, 0.3) is 0 Å². The molecule has 0 saturated carbocycles. The molecule has 0 aromatic heterocycles. The first-order valence-corrected chi connectivity index (χ1v) is 6.52. The molecule has 0 N–H and O–H groups in total. The average molecular weight is 240 g/mol. The highest BCUT2D eigenvalue weighted by molar-refractivity contribution is 5.20. The van der Waals surface area contributed by atoms with E-state index in [0.29, 0.717) is 0 Å². The van der Waals surface area contributed by atoms with E-state index in [-0.39, 0.29) is 0 Å². The van der Waals surface area contributed by atoms with Crippen molar-refractivity contribution in [3.05, 3.63) is 85.6 Å². The van der Waals surface area contributed by atoms with Crippen molar-refractivity contribution in [3.63, 3.8) is 0 Å². The van der Waals surface area contributed by atoms with Crippen LogP contribution in [0, 0.1) is 0 Å². The predicted molar refractivity (Wildman–Crippen MR) is 84.6 cm³/mol. The third kappa shape index (κ3) is 14.2. The molecule has 0 atom stereocenters. The van der Waals surface area contributed by atoms with Crippen LogP contribution in [0.15, 0.2) is 85.6 Å². The summed E-state index contributed by atoms with van der Waals surface area (Å²) in [5, 5.41) is 0. The predicted octanol–water partition coefficient (Wildman–Crippen LogP) is 5.70. The summed E-state index contributed by atoms with van der Waals surface area (Å²) in [5.74, 6) is 0. The topological polar surface area (TPSA) is 0 Å². The highest BCUT2D eigenvalue weighted by Crippen LogP contribution is 1.94. The molecule has 0 bridgehead atoms. The summed E-state index contributed by atoms with van der Waals surface area (Å²) in [5.41, 5.74) is 0. The molecular formula is C18H24.